The summed E-state index contributed by atoms with van der Waals surface area (Å²) in [6.45, 7) is 6.83. The van der Waals surface area contributed by atoms with E-state index in [1.165, 1.54) is 12.4 Å². The molecule has 13 heteroatoms. The van der Waals surface area contributed by atoms with Crippen molar-refractivity contribution >= 4 is 44.8 Å². The van der Waals surface area contributed by atoms with E-state index in [4.69, 9.17) is 16.3 Å². The first kappa shape index (κ1) is 30.6. The molecule has 0 unspecified atom stereocenters. The van der Waals surface area contributed by atoms with Crippen molar-refractivity contribution in [3.8, 4) is 11.8 Å². The number of ether oxygens (including phenoxy) is 1. The van der Waals surface area contributed by atoms with E-state index in [0.29, 0.717) is 67.3 Å². The van der Waals surface area contributed by atoms with E-state index in [2.05, 4.69) is 58.4 Å². The average molecular weight is 637 g/mol. The number of hydrogen-bond acceptors (Lipinski definition) is 9. The van der Waals surface area contributed by atoms with Crippen molar-refractivity contribution in [2.24, 2.45) is 5.41 Å². The monoisotopic (exact) mass is 636 g/mol. The van der Waals surface area contributed by atoms with Gasteiger partial charge in [0.05, 0.1) is 46.2 Å². The van der Waals surface area contributed by atoms with Gasteiger partial charge in [0.2, 0.25) is 0 Å². The van der Waals surface area contributed by atoms with Crippen molar-refractivity contribution in [2.45, 2.75) is 51.4 Å². The molecule has 1 aliphatic carbocycles. The van der Waals surface area contributed by atoms with E-state index < -0.39 is 17.8 Å². The number of aromatic nitrogens is 2. The van der Waals surface area contributed by atoms with Gasteiger partial charge in [-0.05, 0) is 48.1 Å². The second-order valence-corrected chi connectivity index (χ2v) is 12.9. The van der Waals surface area contributed by atoms with Gasteiger partial charge in [-0.25, -0.2) is 0 Å². The Morgan fingerprint density at radius 3 is 2.62 bits per heavy atom. The van der Waals surface area contributed by atoms with Crippen LogP contribution in [0, 0.1) is 16.7 Å². The Bertz CT molecular complexity index is 1860. The standard InChI is InChI=1S/C32H32ClF3N8O/c1-30(2,3)17-40-27-18(14-37)15-39-28-21(27)12-19(13-22(28)33)41-29(20-6-5-7-23-26(20)25(45-4)8-11-38-23)24-16-44(43-42-24)31(9-10-31)32(34,35)36/h5-8,11-13,15-16,29,41-43H,9-10,17H2,1-4H3,(H,39,40)/t29-/m0/s1. The van der Waals surface area contributed by atoms with Crippen LogP contribution in [0.4, 0.5) is 24.5 Å². The normalized spacial score (nSPS) is 16.6. The molecular formula is C32H32ClF3N8O. The Morgan fingerprint density at radius 1 is 1.18 bits per heavy atom. The van der Waals surface area contributed by atoms with E-state index in [9.17, 15) is 18.4 Å². The summed E-state index contributed by atoms with van der Waals surface area (Å²) in [4.78, 5) is 8.95. The molecule has 1 aliphatic heterocycles. The van der Waals surface area contributed by atoms with E-state index in [1.54, 1.807) is 25.4 Å². The van der Waals surface area contributed by atoms with E-state index >= 15 is 0 Å². The molecule has 2 aliphatic rings. The molecule has 0 amide bonds. The second-order valence-electron chi connectivity index (χ2n) is 12.5. The van der Waals surface area contributed by atoms with Crippen LogP contribution in [-0.2, 0) is 0 Å². The Balaban J connectivity index is 1.50. The fourth-order valence-electron chi connectivity index (χ4n) is 5.56. The molecule has 0 saturated heterocycles. The topological polar surface area (TPSA) is 110 Å². The van der Waals surface area contributed by atoms with Crippen LogP contribution < -0.4 is 26.3 Å². The lowest BCUT2D eigenvalue weighted by molar-refractivity contribution is -0.195. The highest BCUT2D eigenvalue weighted by atomic mass is 35.5. The molecule has 1 atom stereocenters. The van der Waals surface area contributed by atoms with Crippen LogP contribution >= 0.6 is 11.6 Å². The molecule has 4 aromatic rings. The van der Waals surface area contributed by atoms with Crippen LogP contribution in [0.2, 0.25) is 5.02 Å². The first-order valence-corrected chi connectivity index (χ1v) is 14.8. The summed E-state index contributed by atoms with van der Waals surface area (Å²) in [6.07, 6.45) is 0.131. The molecule has 4 N–H and O–H groups in total. The molecule has 234 valence electrons. The van der Waals surface area contributed by atoms with Crippen molar-refractivity contribution in [1.82, 2.24) is 25.9 Å². The lowest BCUT2D eigenvalue weighted by Gasteiger charge is -2.28. The van der Waals surface area contributed by atoms with Crippen LogP contribution in [0.25, 0.3) is 21.8 Å². The minimum Gasteiger partial charge on any atom is -0.496 e. The number of nitrogens with zero attached hydrogens (tertiary/aromatic N) is 4. The van der Waals surface area contributed by atoms with Crippen LogP contribution in [0.1, 0.15) is 50.8 Å². The molecule has 9 nitrogen and oxygen atoms in total. The lowest BCUT2D eigenvalue weighted by atomic mass is 9.96. The zero-order chi connectivity index (χ0) is 32.1. The van der Waals surface area contributed by atoms with Gasteiger partial charge in [0.15, 0.2) is 5.54 Å². The molecule has 0 spiro atoms. The summed E-state index contributed by atoms with van der Waals surface area (Å²) in [6, 6.07) is 12.3. The number of fused-ring (bicyclic) bond motifs is 2. The molecule has 1 saturated carbocycles. The second kappa shape index (κ2) is 11.2. The highest BCUT2D eigenvalue weighted by Crippen LogP contribution is 2.54. The summed E-state index contributed by atoms with van der Waals surface area (Å²) < 4.78 is 47.8. The molecule has 3 heterocycles. The van der Waals surface area contributed by atoms with Gasteiger partial charge in [0.1, 0.15) is 11.8 Å². The number of rotatable bonds is 8. The molecule has 0 bridgehead atoms. The zero-order valence-electron chi connectivity index (χ0n) is 25.1. The summed E-state index contributed by atoms with van der Waals surface area (Å²) in [7, 11) is 1.56. The number of benzene rings is 2. The van der Waals surface area contributed by atoms with Gasteiger partial charge >= 0.3 is 6.18 Å². The van der Waals surface area contributed by atoms with Crippen LogP contribution in [0.15, 0.2) is 60.7 Å². The predicted molar refractivity (Wildman–Crippen MR) is 168 cm³/mol. The summed E-state index contributed by atoms with van der Waals surface area (Å²) in [5.41, 5.74) is 7.48. The Morgan fingerprint density at radius 2 is 1.96 bits per heavy atom. The fourth-order valence-corrected chi connectivity index (χ4v) is 5.83. The van der Waals surface area contributed by atoms with Crippen LogP contribution in [0.5, 0.6) is 5.75 Å². The highest BCUT2D eigenvalue weighted by molar-refractivity contribution is 6.35. The first-order chi connectivity index (χ1) is 21.3. The zero-order valence-corrected chi connectivity index (χ0v) is 25.9. The summed E-state index contributed by atoms with van der Waals surface area (Å²) in [5, 5.41) is 19.6. The number of alkyl halides is 3. The maximum absolute atomic E-state index is 14.1. The largest absolute Gasteiger partial charge is 0.496 e. The molecule has 2 aromatic carbocycles. The highest BCUT2D eigenvalue weighted by Gasteiger charge is 2.67. The van der Waals surface area contributed by atoms with Gasteiger partial charge in [-0.3, -0.25) is 15.0 Å². The molecule has 0 radical (unpaired) electrons. The third-order valence-electron chi connectivity index (χ3n) is 8.06. The number of anilines is 2. The molecule has 45 heavy (non-hydrogen) atoms. The molecule has 2 aromatic heterocycles. The molecular weight excluding hydrogens is 605 g/mol. The number of nitriles is 1. The van der Waals surface area contributed by atoms with Gasteiger partial charge in [-0.1, -0.05) is 44.5 Å². The first-order valence-electron chi connectivity index (χ1n) is 14.4. The van der Waals surface area contributed by atoms with E-state index in [1.807, 2.05) is 24.3 Å². The van der Waals surface area contributed by atoms with Crippen LogP contribution in [0.3, 0.4) is 0 Å². The van der Waals surface area contributed by atoms with Gasteiger partial charge in [0.25, 0.3) is 0 Å². The molecule has 1 fully saturated rings. The van der Waals surface area contributed by atoms with Gasteiger partial charge in [0, 0.05) is 41.6 Å². The Kier molecular flexibility index (Phi) is 7.57. The smallest absolute Gasteiger partial charge is 0.413 e. The number of methoxy groups -OCH3 is 1. The third kappa shape index (κ3) is 5.62. The lowest BCUT2D eigenvalue weighted by Crippen LogP contribution is -2.52. The van der Waals surface area contributed by atoms with Crippen molar-refractivity contribution in [1.29, 1.82) is 5.26 Å². The summed E-state index contributed by atoms with van der Waals surface area (Å²) >= 11 is 6.77. The quantitative estimate of drug-likeness (QED) is 0.160. The Hall–Kier alpha value is -4.47. The fraction of sp³-hybridized carbons (Fsp3) is 0.344. The van der Waals surface area contributed by atoms with Crippen molar-refractivity contribution in [3.05, 3.63) is 76.8 Å². The van der Waals surface area contributed by atoms with Crippen molar-refractivity contribution in [2.75, 3.05) is 24.3 Å². The maximum atomic E-state index is 14.1. The minimum absolute atomic E-state index is 0.0160. The van der Waals surface area contributed by atoms with E-state index in [0.717, 1.165) is 5.01 Å². The van der Waals surface area contributed by atoms with Crippen LogP contribution in [-0.4, -0.2) is 40.3 Å². The number of halogens is 4. The number of nitrogens with one attached hydrogen (secondary N) is 4. The predicted octanol–water partition coefficient (Wildman–Crippen LogP) is 7.19. The van der Waals surface area contributed by atoms with Gasteiger partial charge < -0.3 is 20.8 Å². The van der Waals surface area contributed by atoms with E-state index in [-0.39, 0.29) is 18.3 Å². The van der Waals surface area contributed by atoms with Gasteiger partial charge in [-0.15, -0.1) is 5.53 Å². The number of pyridine rings is 2. The minimum atomic E-state index is -4.42. The van der Waals surface area contributed by atoms with Gasteiger partial charge in [-0.2, -0.15) is 18.4 Å². The van der Waals surface area contributed by atoms with Crippen molar-refractivity contribution < 1.29 is 17.9 Å². The maximum Gasteiger partial charge on any atom is 0.413 e. The third-order valence-corrected chi connectivity index (χ3v) is 8.34. The number of hydrazine groups is 2. The SMILES string of the molecule is COc1ccnc2cccc([C@H](Nc3cc(Cl)c4ncc(C#N)c(NCC(C)(C)C)c4c3)C3=CN(C4(C(F)(F)F)CC4)NN3)c12. The van der Waals surface area contributed by atoms with Crippen molar-refractivity contribution in [3.63, 3.8) is 0 Å². The average Bonchev–Trinajstić information content (AvgIpc) is 3.68. The number of hydrogen-bond donors (Lipinski definition) is 4. The Labute approximate surface area is 263 Å². The summed E-state index contributed by atoms with van der Waals surface area (Å²) in [5.74, 6) is 0.563. The molecule has 6 rings (SSSR count).